The van der Waals surface area contributed by atoms with Gasteiger partial charge in [-0.2, -0.15) is 0 Å². The number of para-hydroxylation sites is 1. The Morgan fingerprint density at radius 2 is 1.92 bits per heavy atom. The molecule has 0 aliphatic carbocycles. The summed E-state index contributed by atoms with van der Waals surface area (Å²) in [5.41, 5.74) is 0.376. The fraction of sp³-hybridized carbons (Fsp3) is 0.100. The normalized spacial score (nSPS) is 10.4. The first-order valence-electron chi connectivity index (χ1n) is 7.97. The highest BCUT2D eigenvalue weighted by Crippen LogP contribution is 2.14. The highest BCUT2D eigenvalue weighted by atomic mass is 19.1. The zero-order valence-corrected chi connectivity index (χ0v) is 14.1. The van der Waals surface area contributed by atoms with E-state index in [-0.39, 0.29) is 17.8 Å². The predicted octanol–water partition coefficient (Wildman–Crippen LogP) is 3.30. The first kappa shape index (κ1) is 17.4. The summed E-state index contributed by atoms with van der Waals surface area (Å²) in [6.07, 6.45) is 1.60. The standard InChI is InChI=1S/C20H17FN2O3/c1-26-15-7-4-6-14(12-15)13-23-11-5-8-16(20(23)25)19(24)22-18-10-3-2-9-17(18)21/h2-12H,13H2,1H3,(H,22,24). The van der Waals surface area contributed by atoms with Gasteiger partial charge < -0.3 is 14.6 Å². The van der Waals surface area contributed by atoms with Gasteiger partial charge >= 0.3 is 0 Å². The van der Waals surface area contributed by atoms with Crippen molar-refractivity contribution in [2.75, 3.05) is 12.4 Å². The largest absolute Gasteiger partial charge is 0.497 e. The first-order valence-corrected chi connectivity index (χ1v) is 7.97. The number of rotatable bonds is 5. The Morgan fingerprint density at radius 1 is 1.12 bits per heavy atom. The second-order valence-corrected chi connectivity index (χ2v) is 5.64. The van der Waals surface area contributed by atoms with E-state index in [0.717, 1.165) is 5.56 Å². The summed E-state index contributed by atoms with van der Waals surface area (Å²) < 4.78 is 20.3. The van der Waals surface area contributed by atoms with E-state index in [1.54, 1.807) is 25.4 Å². The van der Waals surface area contributed by atoms with Crippen LogP contribution in [-0.2, 0) is 6.54 Å². The number of ether oxygens (including phenoxy) is 1. The van der Waals surface area contributed by atoms with Crippen molar-refractivity contribution in [1.82, 2.24) is 4.57 Å². The van der Waals surface area contributed by atoms with Crippen LogP contribution in [0.2, 0.25) is 0 Å². The average molecular weight is 352 g/mol. The quantitative estimate of drug-likeness (QED) is 0.766. The van der Waals surface area contributed by atoms with E-state index < -0.39 is 17.3 Å². The van der Waals surface area contributed by atoms with Crippen molar-refractivity contribution >= 4 is 11.6 Å². The maximum atomic E-state index is 13.7. The molecule has 0 unspecified atom stereocenters. The summed E-state index contributed by atoms with van der Waals surface area (Å²) in [5, 5.41) is 2.43. The molecule has 0 radical (unpaired) electrons. The zero-order chi connectivity index (χ0) is 18.5. The lowest BCUT2D eigenvalue weighted by Gasteiger charge is -2.10. The van der Waals surface area contributed by atoms with Crippen LogP contribution in [0.5, 0.6) is 5.75 Å². The second kappa shape index (κ2) is 7.65. The van der Waals surface area contributed by atoms with Gasteiger partial charge in [-0.3, -0.25) is 9.59 Å². The minimum absolute atomic E-state index is 0.0279. The van der Waals surface area contributed by atoms with Crippen LogP contribution in [0.15, 0.2) is 71.7 Å². The molecule has 3 rings (SSSR count). The first-order chi connectivity index (χ1) is 12.6. The van der Waals surface area contributed by atoms with E-state index in [9.17, 15) is 14.0 Å². The minimum atomic E-state index is -0.653. The van der Waals surface area contributed by atoms with Crippen molar-refractivity contribution in [2.45, 2.75) is 6.54 Å². The molecule has 1 heterocycles. The van der Waals surface area contributed by atoms with Crippen molar-refractivity contribution in [3.05, 3.63) is 94.2 Å². The predicted molar refractivity (Wildman–Crippen MR) is 97.2 cm³/mol. The highest BCUT2D eigenvalue weighted by molar-refractivity contribution is 6.04. The van der Waals surface area contributed by atoms with Gasteiger partial charge in [-0.15, -0.1) is 0 Å². The molecule has 0 saturated carbocycles. The number of benzene rings is 2. The number of carbonyl (C=O) groups excluding carboxylic acids is 1. The number of hydrogen-bond donors (Lipinski definition) is 1. The molecule has 0 atom stereocenters. The van der Waals surface area contributed by atoms with Gasteiger partial charge in [0.2, 0.25) is 0 Å². The molecular weight excluding hydrogens is 335 g/mol. The summed E-state index contributed by atoms with van der Waals surface area (Å²) in [6.45, 7) is 0.289. The maximum absolute atomic E-state index is 13.7. The molecule has 26 heavy (non-hydrogen) atoms. The van der Waals surface area contributed by atoms with Crippen LogP contribution >= 0.6 is 0 Å². The highest BCUT2D eigenvalue weighted by Gasteiger charge is 2.14. The molecule has 132 valence electrons. The van der Waals surface area contributed by atoms with Crippen LogP contribution in [0, 0.1) is 5.82 Å². The fourth-order valence-electron chi connectivity index (χ4n) is 2.55. The number of nitrogens with zero attached hydrogens (tertiary/aromatic N) is 1. The number of carbonyl (C=O) groups is 1. The summed E-state index contributed by atoms with van der Waals surface area (Å²) in [7, 11) is 1.57. The Bertz CT molecular complexity index is 998. The van der Waals surface area contributed by atoms with E-state index in [2.05, 4.69) is 5.32 Å². The van der Waals surface area contributed by atoms with Crippen LogP contribution in [0.1, 0.15) is 15.9 Å². The van der Waals surface area contributed by atoms with Crippen molar-refractivity contribution in [3.8, 4) is 5.75 Å². The van der Waals surface area contributed by atoms with E-state index in [1.807, 2.05) is 24.3 Å². The van der Waals surface area contributed by atoms with Gasteiger partial charge in [-0.05, 0) is 42.0 Å². The Morgan fingerprint density at radius 3 is 2.69 bits per heavy atom. The van der Waals surface area contributed by atoms with E-state index >= 15 is 0 Å². The van der Waals surface area contributed by atoms with Crippen LogP contribution in [0.25, 0.3) is 0 Å². The molecule has 5 nitrogen and oxygen atoms in total. The fourth-order valence-corrected chi connectivity index (χ4v) is 2.55. The lowest BCUT2D eigenvalue weighted by atomic mass is 10.2. The SMILES string of the molecule is COc1cccc(Cn2cccc(C(=O)Nc3ccccc3F)c2=O)c1. The average Bonchev–Trinajstić information content (AvgIpc) is 2.65. The number of aromatic nitrogens is 1. The molecule has 1 amide bonds. The lowest BCUT2D eigenvalue weighted by molar-refractivity contribution is 0.102. The monoisotopic (exact) mass is 352 g/mol. The molecular formula is C20H17FN2O3. The topological polar surface area (TPSA) is 60.3 Å². The third kappa shape index (κ3) is 3.80. The summed E-state index contributed by atoms with van der Waals surface area (Å²) in [5.74, 6) is -0.530. The van der Waals surface area contributed by atoms with E-state index in [0.29, 0.717) is 5.75 Å². The number of hydrogen-bond acceptors (Lipinski definition) is 3. The van der Waals surface area contributed by atoms with Gasteiger partial charge in [-0.1, -0.05) is 24.3 Å². The molecule has 0 bridgehead atoms. The van der Waals surface area contributed by atoms with Crippen molar-refractivity contribution in [3.63, 3.8) is 0 Å². The Labute approximate surface area is 149 Å². The Balaban J connectivity index is 1.86. The molecule has 0 aliphatic rings. The van der Waals surface area contributed by atoms with Gasteiger partial charge in [0, 0.05) is 6.20 Å². The minimum Gasteiger partial charge on any atom is -0.497 e. The molecule has 0 fully saturated rings. The van der Waals surface area contributed by atoms with Crippen LogP contribution in [0.3, 0.4) is 0 Å². The van der Waals surface area contributed by atoms with Crippen molar-refractivity contribution in [1.29, 1.82) is 0 Å². The molecule has 2 aromatic carbocycles. The van der Waals surface area contributed by atoms with E-state index in [1.165, 1.54) is 28.8 Å². The van der Waals surface area contributed by atoms with Gasteiger partial charge in [0.1, 0.15) is 17.1 Å². The number of anilines is 1. The number of halogens is 1. The zero-order valence-electron chi connectivity index (χ0n) is 14.1. The Hall–Kier alpha value is -3.41. The molecule has 6 heteroatoms. The summed E-state index contributed by atoms with van der Waals surface area (Å²) in [4.78, 5) is 25.0. The molecule has 0 spiro atoms. The second-order valence-electron chi connectivity index (χ2n) is 5.64. The van der Waals surface area contributed by atoms with Crippen LogP contribution in [0.4, 0.5) is 10.1 Å². The van der Waals surface area contributed by atoms with Gasteiger partial charge in [0.15, 0.2) is 0 Å². The van der Waals surface area contributed by atoms with Gasteiger partial charge in [-0.25, -0.2) is 4.39 Å². The van der Waals surface area contributed by atoms with Crippen molar-refractivity contribution < 1.29 is 13.9 Å². The number of methoxy groups -OCH3 is 1. The van der Waals surface area contributed by atoms with Gasteiger partial charge in [0.25, 0.3) is 11.5 Å². The molecule has 1 aromatic heterocycles. The molecule has 0 saturated heterocycles. The Kier molecular flexibility index (Phi) is 5.12. The third-order valence-electron chi connectivity index (χ3n) is 3.87. The number of nitrogens with one attached hydrogen (secondary N) is 1. The molecule has 3 aromatic rings. The maximum Gasteiger partial charge on any atom is 0.263 e. The molecule has 1 N–H and O–H groups in total. The van der Waals surface area contributed by atoms with Crippen molar-refractivity contribution in [2.24, 2.45) is 0 Å². The van der Waals surface area contributed by atoms with E-state index in [4.69, 9.17) is 4.74 Å². The summed E-state index contributed by atoms with van der Waals surface area (Å²) in [6, 6.07) is 16.1. The third-order valence-corrected chi connectivity index (χ3v) is 3.87. The van der Waals surface area contributed by atoms with Gasteiger partial charge in [0.05, 0.1) is 19.3 Å². The summed E-state index contributed by atoms with van der Waals surface area (Å²) >= 11 is 0. The smallest absolute Gasteiger partial charge is 0.263 e. The van der Waals surface area contributed by atoms with Crippen LogP contribution in [-0.4, -0.2) is 17.6 Å². The number of amides is 1. The number of pyridine rings is 1. The van der Waals surface area contributed by atoms with Crippen LogP contribution < -0.4 is 15.6 Å². The lowest BCUT2D eigenvalue weighted by Crippen LogP contribution is -2.29. The molecule has 0 aliphatic heterocycles.